The zero-order chi connectivity index (χ0) is 9.52. The van der Waals surface area contributed by atoms with Crippen LogP contribution in [-0.2, 0) is 6.42 Å². The molecule has 1 atom stereocenters. The zero-order valence-corrected chi connectivity index (χ0v) is 9.36. The van der Waals surface area contributed by atoms with Crippen LogP contribution in [0.15, 0.2) is 17.5 Å². The second-order valence-electron chi connectivity index (χ2n) is 3.47. The molecule has 0 aliphatic rings. The lowest BCUT2D eigenvalue weighted by Crippen LogP contribution is -2.27. The van der Waals surface area contributed by atoms with E-state index in [9.17, 15) is 0 Å². The SMILES string of the molecule is CCCC(C)NCCc1cccs1. The molecule has 1 heterocycles. The molecular weight excluding hydrogens is 178 g/mol. The normalized spacial score (nSPS) is 13.1. The van der Waals surface area contributed by atoms with E-state index in [4.69, 9.17) is 0 Å². The Labute approximate surface area is 85.2 Å². The summed E-state index contributed by atoms with van der Waals surface area (Å²) in [6.45, 7) is 5.61. The topological polar surface area (TPSA) is 12.0 Å². The third-order valence-electron chi connectivity index (χ3n) is 2.17. The van der Waals surface area contributed by atoms with Gasteiger partial charge < -0.3 is 5.32 Å². The van der Waals surface area contributed by atoms with Crippen LogP contribution in [0.1, 0.15) is 31.6 Å². The maximum atomic E-state index is 3.53. The van der Waals surface area contributed by atoms with Gasteiger partial charge in [0.05, 0.1) is 0 Å². The molecule has 0 aliphatic carbocycles. The van der Waals surface area contributed by atoms with Crippen molar-refractivity contribution in [2.75, 3.05) is 6.54 Å². The summed E-state index contributed by atoms with van der Waals surface area (Å²) in [6.07, 6.45) is 3.73. The van der Waals surface area contributed by atoms with Gasteiger partial charge in [-0.1, -0.05) is 19.4 Å². The van der Waals surface area contributed by atoms with Crippen LogP contribution in [0.25, 0.3) is 0 Å². The fourth-order valence-corrected chi connectivity index (χ4v) is 2.14. The van der Waals surface area contributed by atoms with E-state index in [1.54, 1.807) is 0 Å². The van der Waals surface area contributed by atoms with E-state index in [0.29, 0.717) is 6.04 Å². The summed E-state index contributed by atoms with van der Waals surface area (Å²) in [5, 5.41) is 5.67. The van der Waals surface area contributed by atoms with Crippen LogP contribution < -0.4 is 5.32 Å². The monoisotopic (exact) mass is 197 g/mol. The molecule has 74 valence electrons. The van der Waals surface area contributed by atoms with Crippen molar-refractivity contribution in [1.82, 2.24) is 5.32 Å². The molecule has 1 rings (SSSR count). The fraction of sp³-hybridized carbons (Fsp3) is 0.636. The molecule has 2 heteroatoms. The molecule has 0 aromatic carbocycles. The maximum absolute atomic E-state index is 3.53. The van der Waals surface area contributed by atoms with Gasteiger partial charge in [0.15, 0.2) is 0 Å². The van der Waals surface area contributed by atoms with Crippen molar-refractivity contribution in [2.24, 2.45) is 0 Å². The highest BCUT2D eigenvalue weighted by molar-refractivity contribution is 7.09. The smallest absolute Gasteiger partial charge is 0.00578 e. The summed E-state index contributed by atoms with van der Waals surface area (Å²) in [4.78, 5) is 1.48. The van der Waals surface area contributed by atoms with E-state index >= 15 is 0 Å². The van der Waals surface area contributed by atoms with Gasteiger partial charge in [-0.15, -0.1) is 11.3 Å². The summed E-state index contributed by atoms with van der Waals surface area (Å²) in [5.74, 6) is 0. The highest BCUT2D eigenvalue weighted by Gasteiger charge is 1.99. The number of thiophene rings is 1. The molecule has 1 aromatic rings. The molecule has 0 saturated carbocycles. The predicted molar refractivity (Wildman–Crippen MR) is 60.4 cm³/mol. The average molecular weight is 197 g/mol. The molecule has 1 unspecified atom stereocenters. The first-order valence-electron chi connectivity index (χ1n) is 5.08. The molecule has 13 heavy (non-hydrogen) atoms. The van der Waals surface area contributed by atoms with Crippen molar-refractivity contribution in [3.8, 4) is 0 Å². The Balaban J connectivity index is 2.07. The maximum Gasteiger partial charge on any atom is 0.00578 e. The first-order chi connectivity index (χ1) is 6.33. The van der Waals surface area contributed by atoms with Crippen LogP contribution in [0.3, 0.4) is 0 Å². The van der Waals surface area contributed by atoms with Gasteiger partial charge in [0.1, 0.15) is 0 Å². The van der Waals surface area contributed by atoms with E-state index in [1.807, 2.05) is 11.3 Å². The fourth-order valence-electron chi connectivity index (χ4n) is 1.43. The molecule has 1 nitrogen and oxygen atoms in total. The molecule has 0 radical (unpaired) electrons. The lowest BCUT2D eigenvalue weighted by Gasteiger charge is -2.11. The molecule has 0 saturated heterocycles. The van der Waals surface area contributed by atoms with Gasteiger partial charge in [-0.25, -0.2) is 0 Å². The lowest BCUT2D eigenvalue weighted by molar-refractivity contribution is 0.513. The minimum Gasteiger partial charge on any atom is -0.314 e. The van der Waals surface area contributed by atoms with Crippen molar-refractivity contribution in [3.05, 3.63) is 22.4 Å². The summed E-state index contributed by atoms with van der Waals surface area (Å²) in [5.41, 5.74) is 0. The van der Waals surface area contributed by atoms with Crippen LogP contribution >= 0.6 is 11.3 Å². The van der Waals surface area contributed by atoms with Crippen molar-refractivity contribution in [3.63, 3.8) is 0 Å². The van der Waals surface area contributed by atoms with E-state index in [-0.39, 0.29) is 0 Å². The summed E-state index contributed by atoms with van der Waals surface area (Å²) in [7, 11) is 0. The predicted octanol–water partition coefficient (Wildman–Crippen LogP) is 3.07. The van der Waals surface area contributed by atoms with Crippen LogP contribution in [0, 0.1) is 0 Å². The van der Waals surface area contributed by atoms with Crippen LogP contribution in [0.4, 0.5) is 0 Å². The van der Waals surface area contributed by atoms with Crippen LogP contribution in [-0.4, -0.2) is 12.6 Å². The van der Waals surface area contributed by atoms with Gasteiger partial charge in [0, 0.05) is 17.5 Å². The van der Waals surface area contributed by atoms with Crippen molar-refractivity contribution in [1.29, 1.82) is 0 Å². The van der Waals surface area contributed by atoms with Gasteiger partial charge >= 0.3 is 0 Å². The van der Waals surface area contributed by atoms with E-state index < -0.39 is 0 Å². The minimum absolute atomic E-state index is 0.671. The van der Waals surface area contributed by atoms with Gasteiger partial charge in [-0.3, -0.25) is 0 Å². The minimum atomic E-state index is 0.671. The molecule has 1 N–H and O–H groups in total. The number of hydrogen-bond donors (Lipinski definition) is 1. The lowest BCUT2D eigenvalue weighted by atomic mass is 10.2. The number of rotatable bonds is 6. The van der Waals surface area contributed by atoms with Crippen molar-refractivity contribution in [2.45, 2.75) is 39.2 Å². The molecule has 0 aliphatic heterocycles. The van der Waals surface area contributed by atoms with Crippen molar-refractivity contribution < 1.29 is 0 Å². The molecule has 0 spiro atoms. The highest BCUT2D eigenvalue weighted by atomic mass is 32.1. The Morgan fingerprint density at radius 1 is 1.54 bits per heavy atom. The zero-order valence-electron chi connectivity index (χ0n) is 8.55. The second kappa shape index (κ2) is 6.17. The molecule has 0 amide bonds. The summed E-state index contributed by atoms with van der Waals surface area (Å²) >= 11 is 1.85. The second-order valence-corrected chi connectivity index (χ2v) is 4.51. The van der Waals surface area contributed by atoms with E-state index in [1.165, 1.54) is 24.1 Å². The van der Waals surface area contributed by atoms with Crippen LogP contribution in [0.2, 0.25) is 0 Å². The first kappa shape index (κ1) is 10.7. The Kier molecular flexibility index (Phi) is 5.09. The number of nitrogens with one attached hydrogen (secondary N) is 1. The summed E-state index contributed by atoms with van der Waals surface area (Å²) in [6, 6.07) is 5.00. The van der Waals surface area contributed by atoms with Gasteiger partial charge in [-0.2, -0.15) is 0 Å². The van der Waals surface area contributed by atoms with Crippen molar-refractivity contribution >= 4 is 11.3 Å². The molecular formula is C11H19NS. The third kappa shape index (κ3) is 4.44. The largest absolute Gasteiger partial charge is 0.314 e. The van der Waals surface area contributed by atoms with E-state index in [0.717, 1.165) is 6.54 Å². The van der Waals surface area contributed by atoms with Gasteiger partial charge in [0.25, 0.3) is 0 Å². The number of hydrogen-bond acceptors (Lipinski definition) is 2. The molecule has 0 fully saturated rings. The third-order valence-corrected chi connectivity index (χ3v) is 3.10. The van der Waals surface area contributed by atoms with Gasteiger partial charge in [0.2, 0.25) is 0 Å². The highest BCUT2D eigenvalue weighted by Crippen LogP contribution is 2.08. The Hall–Kier alpha value is -0.340. The molecule has 1 aromatic heterocycles. The quantitative estimate of drug-likeness (QED) is 0.739. The van der Waals surface area contributed by atoms with Gasteiger partial charge in [-0.05, 0) is 31.2 Å². The Bertz CT molecular complexity index is 206. The summed E-state index contributed by atoms with van der Waals surface area (Å²) < 4.78 is 0. The Morgan fingerprint density at radius 3 is 3.00 bits per heavy atom. The first-order valence-corrected chi connectivity index (χ1v) is 5.96. The standard InChI is InChI=1S/C11H19NS/c1-3-5-10(2)12-8-7-11-6-4-9-13-11/h4,6,9-10,12H,3,5,7-8H2,1-2H3. The Morgan fingerprint density at radius 2 is 2.38 bits per heavy atom. The van der Waals surface area contributed by atoms with E-state index in [2.05, 4.69) is 36.7 Å². The van der Waals surface area contributed by atoms with Crippen LogP contribution in [0.5, 0.6) is 0 Å². The molecule has 0 bridgehead atoms. The average Bonchev–Trinajstić information content (AvgIpc) is 2.57.